The van der Waals surface area contributed by atoms with Gasteiger partial charge in [-0.3, -0.25) is 0 Å². The fraction of sp³-hybridized carbons (Fsp3) is 0.462. The standard InChI is InChI=1S/C13H18N6S/c1-8-11(15-5-4-10-6-20-7-16-10)17-13(9-2-3-9)18-12(8)19-14/h6-7,9H,2-5,14H2,1H3,(H2,15,17,18,19). The van der Waals surface area contributed by atoms with Crippen LogP contribution in [-0.2, 0) is 6.42 Å². The first-order valence-electron chi connectivity index (χ1n) is 6.74. The van der Waals surface area contributed by atoms with Gasteiger partial charge < -0.3 is 10.7 Å². The van der Waals surface area contributed by atoms with Crippen LogP contribution in [0.4, 0.5) is 11.6 Å². The summed E-state index contributed by atoms with van der Waals surface area (Å²) in [6.07, 6.45) is 3.23. The van der Waals surface area contributed by atoms with Gasteiger partial charge in [-0.1, -0.05) is 0 Å². The van der Waals surface area contributed by atoms with Crippen molar-refractivity contribution < 1.29 is 0 Å². The topological polar surface area (TPSA) is 88.8 Å². The number of nitrogens with zero attached hydrogens (tertiary/aromatic N) is 3. The molecule has 0 aromatic carbocycles. The Morgan fingerprint density at radius 2 is 2.15 bits per heavy atom. The van der Waals surface area contributed by atoms with Gasteiger partial charge >= 0.3 is 0 Å². The maximum atomic E-state index is 5.54. The lowest BCUT2D eigenvalue weighted by atomic mass is 10.2. The number of nitrogens with two attached hydrogens (primary N) is 1. The molecule has 1 aliphatic carbocycles. The summed E-state index contributed by atoms with van der Waals surface area (Å²) in [5.41, 5.74) is 6.57. The molecular formula is C13H18N6S. The Morgan fingerprint density at radius 3 is 2.80 bits per heavy atom. The van der Waals surface area contributed by atoms with Crippen molar-refractivity contribution in [3.8, 4) is 0 Å². The van der Waals surface area contributed by atoms with Crippen molar-refractivity contribution in [3.63, 3.8) is 0 Å². The molecule has 2 aromatic rings. The Morgan fingerprint density at radius 1 is 1.35 bits per heavy atom. The molecule has 1 fully saturated rings. The fourth-order valence-corrected chi connectivity index (χ4v) is 2.63. The van der Waals surface area contributed by atoms with E-state index < -0.39 is 0 Å². The Labute approximate surface area is 121 Å². The first-order chi connectivity index (χ1) is 9.78. The van der Waals surface area contributed by atoms with Gasteiger partial charge in [0, 0.05) is 29.8 Å². The van der Waals surface area contributed by atoms with Gasteiger partial charge in [-0.05, 0) is 19.8 Å². The SMILES string of the molecule is Cc1c(NN)nc(C2CC2)nc1NCCc1cscn1. The van der Waals surface area contributed by atoms with Crippen LogP contribution >= 0.6 is 11.3 Å². The Bertz CT molecular complexity index is 579. The third kappa shape index (κ3) is 2.88. The molecule has 4 N–H and O–H groups in total. The Kier molecular flexibility index (Phi) is 3.79. The predicted octanol–water partition coefficient (Wildman–Crippen LogP) is 2.06. The third-order valence-corrected chi connectivity index (χ3v) is 4.03. The minimum Gasteiger partial charge on any atom is -0.369 e. The molecule has 0 atom stereocenters. The van der Waals surface area contributed by atoms with Crippen LogP contribution in [0.5, 0.6) is 0 Å². The summed E-state index contributed by atoms with van der Waals surface area (Å²) in [6.45, 7) is 2.77. The predicted molar refractivity (Wildman–Crippen MR) is 80.9 cm³/mol. The number of thiazole rings is 1. The van der Waals surface area contributed by atoms with Gasteiger partial charge in [0.2, 0.25) is 0 Å². The zero-order chi connectivity index (χ0) is 13.9. The summed E-state index contributed by atoms with van der Waals surface area (Å²) in [7, 11) is 0. The van der Waals surface area contributed by atoms with Crippen LogP contribution in [-0.4, -0.2) is 21.5 Å². The number of hydrazine groups is 1. The van der Waals surface area contributed by atoms with E-state index >= 15 is 0 Å². The molecule has 106 valence electrons. The van der Waals surface area contributed by atoms with E-state index in [1.807, 2.05) is 12.4 Å². The highest BCUT2D eigenvalue weighted by atomic mass is 32.1. The van der Waals surface area contributed by atoms with Gasteiger partial charge in [-0.2, -0.15) is 0 Å². The van der Waals surface area contributed by atoms with Crippen molar-refractivity contribution in [3.05, 3.63) is 28.0 Å². The lowest BCUT2D eigenvalue weighted by Gasteiger charge is -2.13. The van der Waals surface area contributed by atoms with Crippen molar-refractivity contribution in [2.24, 2.45) is 5.84 Å². The summed E-state index contributed by atoms with van der Waals surface area (Å²) in [4.78, 5) is 13.4. The molecule has 0 unspecified atom stereocenters. The van der Waals surface area contributed by atoms with Gasteiger partial charge in [0.25, 0.3) is 0 Å². The lowest BCUT2D eigenvalue weighted by Crippen LogP contribution is -2.15. The maximum Gasteiger partial charge on any atom is 0.148 e. The van der Waals surface area contributed by atoms with Crippen LogP contribution in [0, 0.1) is 6.92 Å². The monoisotopic (exact) mass is 290 g/mol. The van der Waals surface area contributed by atoms with E-state index in [9.17, 15) is 0 Å². The molecule has 1 aliphatic rings. The van der Waals surface area contributed by atoms with Crippen LogP contribution in [0.25, 0.3) is 0 Å². The third-order valence-electron chi connectivity index (χ3n) is 3.40. The molecule has 2 aromatic heterocycles. The van der Waals surface area contributed by atoms with Gasteiger partial charge in [0.15, 0.2) is 0 Å². The molecule has 1 saturated carbocycles. The van der Waals surface area contributed by atoms with E-state index in [-0.39, 0.29) is 0 Å². The first kappa shape index (κ1) is 13.3. The smallest absolute Gasteiger partial charge is 0.148 e. The van der Waals surface area contributed by atoms with Gasteiger partial charge in [-0.25, -0.2) is 20.8 Å². The molecule has 0 bridgehead atoms. The number of nitrogens with one attached hydrogen (secondary N) is 2. The fourth-order valence-electron chi connectivity index (χ4n) is 2.04. The van der Waals surface area contributed by atoms with Crippen molar-refractivity contribution >= 4 is 23.0 Å². The van der Waals surface area contributed by atoms with Crippen LogP contribution in [0.15, 0.2) is 10.9 Å². The van der Waals surface area contributed by atoms with Crippen LogP contribution in [0.1, 0.15) is 35.8 Å². The summed E-state index contributed by atoms with van der Waals surface area (Å²) >= 11 is 1.62. The van der Waals surface area contributed by atoms with E-state index in [0.29, 0.717) is 11.7 Å². The normalized spacial score (nSPS) is 14.3. The molecule has 20 heavy (non-hydrogen) atoms. The summed E-state index contributed by atoms with van der Waals surface area (Å²) in [5, 5.41) is 5.43. The molecule has 0 saturated heterocycles. The Hall–Kier alpha value is -1.73. The van der Waals surface area contributed by atoms with E-state index in [4.69, 9.17) is 5.84 Å². The van der Waals surface area contributed by atoms with Crippen LogP contribution in [0.2, 0.25) is 0 Å². The molecule has 3 rings (SSSR count). The first-order valence-corrected chi connectivity index (χ1v) is 7.68. The quantitative estimate of drug-likeness (QED) is 0.557. The highest BCUT2D eigenvalue weighted by molar-refractivity contribution is 7.07. The van der Waals surface area contributed by atoms with E-state index in [0.717, 1.165) is 35.9 Å². The van der Waals surface area contributed by atoms with Gasteiger partial charge in [0.1, 0.15) is 17.5 Å². The number of aromatic nitrogens is 3. The molecule has 2 heterocycles. The molecule has 0 aliphatic heterocycles. The highest BCUT2D eigenvalue weighted by Gasteiger charge is 2.28. The second kappa shape index (κ2) is 5.72. The largest absolute Gasteiger partial charge is 0.369 e. The number of nitrogen functional groups attached to an aromatic ring is 1. The second-order valence-electron chi connectivity index (χ2n) is 4.98. The minimum absolute atomic E-state index is 0.502. The van der Waals surface area contributed by atoms with Crippen molar-refractivity contribution in [1.29, 1.82) is 0 Å². The summed E-state index contributed by atoms with van der Waals surface area (Å²) in [5.74, 6) is 8.50. The number of hydrogen-bond acceptors (Lipinski definition) is 7. The molecule has 0 amide bonds. The average Bonchev–Trinajstić information content (AvgIpc) is 3.18. The minimum atomic E-state index is 0.502. The van der Waals surface area contributed by atoms with Crippen LogP contribution in [0.3, 0.4) is 0 Å². The summed E-state index contributed by atoms with van der Waals surface area (Å²) < 4.78 is 0. The van der Waals surface area contributed by atoms with E-state index in [1.165, 1.54) is 12.8 Å². The summed E-state index contributed by atoms with van der Waals surface area (Å²) in [6, 6.07) is 0. The van der Waals surface area contributed by atoms with Crippen molar-refractivity contribution in [2.75, 3.05) is 17.3 Å². The maximum absolute atomic E-state index is 5.54. The number of rotatable bonds is 6. The zero-order valence-electron chi connectivity index (χ0n) is 11.4. The average molecular weight is 290 g/mol. The van der Waals surface area contributed by atoms with Crippen LogP contribution < -0.4 is 16.6 Å². The van der Waals surface area contributed by atoms with Crippen molar-refractivity contribution in [2.45, 2.75) is 32.1 Å². The van der Waals surface area contributed by atoms with Crippen molar-refractivity contribution in [1.82, 2.24) is 15.0 Å². The second-order valence-corrected chi connectivity index (χ2v) is 5.70. The molecule has 0 spiro atoms. The molecule has 0 radical (unpaired) electrons. The Balaban J connectivity index is 1.72. The number of anilines is 2. The zero-order valence-corrected chi connectivity index (χ0v) is 12.2. The molecule has 7 heteroatoms. The number of hydrogen-bond donors (Lipinski definition) is 3. The lowest BCUT2D eigenvalue weighted by molar-refractivity contribution is 0.900. The molecular weight excluding hydrogens is 272 g/mol. The molecule has 6 nitrogen and oxygen atoms in total. The van der Waals surface area contributed by atoms with Gasteiger partial charge in [0.05, 0.1) is 11.2 Å². The van der Waals surface area contributed by atoms with E-state index in [2.05, 4.69) is 31.1 Å². The van der Waals surface area contributed by atoms with Gasteiger partial charge in [-0.15, -0.1) is 11.3 Å². The highest BCUT2D eigenvalue weighted by Crippen LogP contribution is 2.39. The van der Waals surface area contributed by atoms with E-state index in [1.54, 1.807) is 11.3 Å².